The molecule has 0 aromatic heterocycles. The average molecular weight is 432 g/mol. The Bertz CT molecular complexity index is 748. The van der Waals surface area contributed by atoms with Gasteiger partial charge in [-0.1, -0.05) is 19.9 Å². The number of rotatable bonds is 4. The van der Waals surface area contributed by atoms with Crippen LogP contribution in [0, 0.1) is 40.4 Å². The van der Waals surface area contributed by atoms with Crippen LogP contribution in [0.5, 0.6) is 0 Å². The van der Waals surface area contributed by atoms with Gasteiger partial charge in [0.2, 0.25) is 0 Å². The molecule has 4 saturated carbocycles. The topological polar surface area (TPSA) is 75.6 Å². The van der Waals surface area contributed by atoms with E-state index in [1.54, 1.807) is 0 Å². The molecule has 1 amide bonds. The SMILES string of the molecule is C/C=C1/C(=O)C2C(CCC3(C)C2CC[C@@H]3CCCNC(=O)OC)C2(C)CC[C@@H](O)CC12. The fourth-order valence-corrected chi connectivity index (χ4v) is 8.38. The van der Waals surface area contributed by atoms with E-state index in [-0.39, 0.29) is 34.9 Å². The van der Waals surface area contributed by atoms with Crippen molar-refractivity contribution in [1.82, 2.24) is 5.32 Å². The summed E-state index contributed by atoms with van der Waals surface area (Å²) in [5, 5.41) is 13.2. The molecule has 0 saturated heterocycles. The monoisotopic (exact) mass is 431 g/mol. The van der Waals surface area contributed by atoms with Crippen LogP contribution in [0.3, 0.4) is 0 Å². The number of nitrogens with one attached hydrogen (secondary N) is 1. The van der Waals surface area contributed by atoms with Gasteiger partial charge in [0.15, 0.2) is 5.78 Å². The first-order valence-electron chi connectivity index (χ1n) is 12.5. The minimum Gasteiger partial charge on any atom is -0.453 e. The average Bonchev–Trinajstić information content (AvgIpc) is 3.09. The molecule has 0 aliphatic heterocycles. The third-order valence-electron chi connectivity index (χ3n) is 10.1. The number of carbonyl (C=O) groups is 2. The Balaban J connectivity index is 1.53. The molecule has 4 fully saturated rings. The molecule has 0 heterocycles. The minimum atomic E-state index is -0.358. The van der Waals surface area contributed by atoms with Crippen LogP contribution in [-0.4, -0.2) is 36.7 Å². The van der Waals surface area contributed by atoms with Crippen LogP contribution in [0.15, 0.2) is 11.6 Å². The summed E-state index contributed by atoms with van der Waals surface area (Å²) in [6, 6.07) is 0. The first kappa shape index (κ1) is 22.8. The van der Waals surface area contributed by atoms with Crippen LogP contribution >= 0.6 is 0 Å². The molecule has 31 heavy (non-hydrogen) atoms. The van der Waals surface area contributed by atoms with E-state index in [9.17, 15) is 14.7 Å². The van der Waals surface area contributed by atoms with Gasteiger partial charge < -0.3 is 15.2 Å². The van der Waals surface area contributed by atoms with Crippen LogP contribution in [0.25, 0.3) is 0 Å². The van der Waals surface area contributed by atoms with Gasteiger partial charge in [0.05, 0.1) is 13.2 Å². The molecular formula is C26H41NO4. The fourth-order valence-electron chi connectivity index (χ4n) is 8.38. The highest BCUT2D eigenvalue weighted by atomic mass is 16.5. The Morgan fingerprint density at radius 1 is 1.16 bits per heavy atom. The van der Waals surface area contributed by atoms with Crippen LogP contribution in [-0.2, 0) is 9.53 Å². The summed E-state index contributed by atoms with van der Waals surface area (Å²) < 4.78 is 4.67. The number of hydrogen-bond acceptors (Lipinski definition) is 4. The van der Waals surface area contributed by atoms with E-state index in [0.717, 1.165) is 50.5 Å². The summed E-state index contributed by atoms with van der Waals surface area (Å²) in [4.78, 5) is 25.2. The second-order valence-electron chi connectivity index (χ2n) is 11.2. The van der Waals surface area contributed by atoms with Gasteiger partial charge in [-0.15, -0.1) is 0 Å². The number of methoxy groups -OCH3 is 1. The third-order valence-corrected chi connectivity index (χ3v) is 10.1. The molecule has 5 heteroatoms. The first-order chi connectivity index (χ1) is 14.8. The summed E-state index contributed by atoms with van der Waals surface area (Å²) in [5.74, 6) is 2.32. The van der Waals surface area contributed by atoms with Gasteiger partial charge in [0, 0.05) is 12.5 Å². The molecule has 2 N–H and O–H groups in total. The molecule has 0 aromatic rings. The molecule has 0 bridgehead atoms. The molecule has 6 unspecified atom stereocenters. The number of amides is 1. The standard InChI is InChI=1S/C26H41NO4/c1-5-18-21-15-17(28)10-12-26(21,3)20-11-13-25(2)16(7-6-14-27-24(30)31-4)8-9-19(25)22(20)23(18)29/h5,16-17,19-22,28H,6-15H2,1-4H3,(H,27,30)/b18-5+/t16-,17+,19?,20?,21?,22?,25?,26?/m0/s1. The van der Waals surface area contributed by atoms with E-state index in [1.807, 2.05) is 6.92 Å². The zero-order valence-electron chi connectivity index (χ0n) is 19.8. The molecule has 4 rings (SSSR count). The predicted octanol–water partition coefficient (Wildman–Crippen LogP) is 4.88. The van der Waals surface area contributed by atoms with Gasteiger partial charge >= 0.3 is 6.09 Å². The lowest BCUT2D eigenvalue weighted by atomic mass is 9.43. The van der Waals surface area contributed by atoms with E-state index < -0.39 is 0 Å². The lowest BCUT2D eigenvalue weighted by Crippen LogP contribution is -2.58. The van der Waals surface area contributed by atoms with E-state index in [1.165, 1.54) is 20.0 Å². The second-order valence-corrected chi connectivity index (χ2v) is 11.2. The number of aliphatic hydroxyl groups is 1. The van der Waals surface area contributed by atoms with E-state index in [2.05, 4.69) is 30.0 Å². The summed E-state index contributed by atoms with van der Waals surface area (Å²) in [6.45, 7) is 7.54. The third kappa shape index (κ3) is 3.65. The zero-order chi connectivity index (χ0) is 22.4. The zero-order valence-corrected chi connectivity index (χ0v) is 19.8. The second kappa shape index (κ2) is 8.53. The maximum atomic E-state index is 13.8. The maximum Gasteiger partial charge on any atom is 0.406 e. The number of Topliss-reactive ketones (excluding diaryl/α,β-unsaturated/α-hetero) is 1. The van der Waals surface area contributed by atoms with Crippen molar-refractivity contribution in [3.63, 3.8) is 0 Å². The maximum absolute atomic E-state index is 13.8. The van der Waals surface area contributed by atoms with Gasteiger partial charge in [-0.2, -0.15) is 0 Å². The number of aliphatic hydroxyl groups excluding tert-OH is 1. The first-order valence-corrected chi connectivity index (χ1v) is 12.5. The number of allylic oxidation sites excluding steroid dienone is 2. The number of carbonyl (C=O) groups excluding carboxylic acids is 2. The molecule has 4 aliphatic carbocycles. The molecule has 174 valence electrons. The van der Waals surface area contributed by atoms with Crippen molar-refractivity contribution in [2.75, 3.05) is 13.7 Å². The van der Waals surface area contributed by atoms with Gasteiger partial charge in [0.1, 0.15) is 0 Å². The number of ketones is 1. The Morgan fingerprint density at radius 2 is 1.87 bits per heavy atom. The number of ether oxygens (including phenoxy) is 1. The summed E-state index contributed by atoms with van der Waals surface area (Å²) in [6.07, 6.45) is 10.9. The molecule has 0 aromatic carbocycles. The van der Waals surface area contributed by atoms with Crippen LogP contribution in [0.2, 0.25) is 0 Å². The van der Waals surface area contributed by atoms with Gasteiger partial charge in [-0.3, -0.25) is 4.79 Å². The molecule has 8 atom stereocenters. The summed E-state index contributed by atoms with van der Waals surface area (Å²) in [5.41, 5.74) is 1.37. The van der Waals surface area contributed by atoms with Crippen molar-refractivity contribution in [3.05, 3.63) is 11.6 Å². The van der Waals surface area contributed by atoms with Crippen LogP contribution in [0.4, 0.5) is 4.79 Å². The lowest BCUT2D eigenvalue weighted by Gasteiger charge is -2.60. The van der Waals surface area contributed by atoms with Crippen molar-refractivity contribution in [1.29, 1.82) is 0 Å². The fraction of sp³-hybridized carbons (Fsp3) is 0.846. The van der Waals surface area contributed by atoms with Crippen molar-refractivity contribution >= 4 is 11.9 Å². The normalized spacial score (nSPS) is 45.6. The van der Waals surface area contributed by atoms with Crippen molar-refractivity contribution in [2.24, 2.45) is 40.4 Å². The van der Waals surface area contributed by atoms with E-state index in [4.69, 9.17) is 0 Å². The Labute approximate surface area is 187 Å². The highest BCUT2D eigenvalue weighted by Crippen LogP contribution is 2.67. The Hall–Kier alpha value is -1.36. The number of fused-ring (bicyclic) bond motifs is 5. The van der Waals surface area contributed by atoms with Gasteiger partial charge in [-0.05, 0) is 105 Å². The predicted molar refractivity (Wildman–Crippen MR) is 120 cm³/mol. The van der Waals surface area contributed by atoms with E-state index in [0.29, 0.717) is 30.1 Å². The Kier molecular flexibility index (Phi) is 6.28. The largest absolute Gasteiger partial charge is 0.453 e. The summed E-state index contributed by atoms with van der Waals surface area (Å²) >= 11 is 0. The molecular weight excluding hydrogens is 390 g/mol. The quantitative estimate of drug-likeness (QED) is 0.491. The molecule has 0 radical (unpaired) electrons. The van der Waals surface area contributed by atoms with Crippen molar-refractivity contribution in [2.45, 2.75) is 84.7 Å². The molecule has 4 aliphatic rings. The highest BCUT2D eigenvalue weighted by Gasteiger charge is 2.63. The molecule has 0 spiro atoms. The molecule has 5 nitrogen and oxygen atoms in total. The lowest BCUT2D eigenvalue weighted by molar-refractivity contribution is -0.149. The van der Waals surface area contributed by atoms with Crippen molar-refractivity contribution in [3.8, 4) is 0 Å². The van der Waals surface area contributed by atoms with Crippen LogP contribution in [0.1, 0.15) is 78.6 Å². The van der Waals surface area contributed by atoms with Crippen molar-refractivity contribution < 1.29 is 19.4 Å². The van der Waals surface area contributed by atoms with Gasteiger partial charge in [-0.25, -0.2) is 4.79 Å². The minimum absolute atomic E-state index is 0.142. The highest BCUT2D eigenvalue weighted by molar-refractivity contribution is 5.99. The number of alkyl carbamates (subject to hydrolysis) is 1. The summed E-state index contributed by atoms with van der Waals surface area (Å²) in [7, 11) is 1.40. The van der Waals surface area contributed by atoms with Gasteiger partial charge in [0.25, 0.3) is 0 Å². The van der Waals surface area contributed by atoms with E-state index >= 15 is 0 Å². The smallest absolute Gasteiger partial charge is 0.406 e. The Morgan fingerprint density at radius 3 is 2.58 bits per heavy atom. The number of hydrogen-bond donors (Lipinski definition) is 2. The van der Waals surface area contributed by atoms with Crippen LogP contribution < -0.4 is 5.32 Å².